The Bertz CT molecular complexity index is 506. The van der Waals surface area contributed by atoms with Crippen LogP contribution in [0.25, 0.3) is 0 Å². The average Bonchev–Trinajstić information content (AvgIpc) is 3.92. The van der Waals surface area contributed by atoms with Crippen LogP contribution >= 0.6 is 0 Å². The van der Waals surface area contributed by atoms with Crippen LogP contribution in [0, 0.1) is 0 Å². The molecule has 0 aromatic carbocycles. The lowest BCUT2D eigenvalue weighted by Crippen LogP contribution is -2.26. The normalized spacial score (nSPS) is 21.5. The van der Waals surface area contributed by atoms with Crippen molar-refractivity contribution in [1.82, 2.24) is 0 Å². The van der Waals surface area contributed by atoms with Gasteiger partial charge < -0.3 is 14.2 Å². The number of rotatable bonds is 34. The van der Waals surface area contributed by atoms with Gasteiger partial charge in [0, 0.05) is 0 Å². The number of unbranched alkanes of at least 4 members (excludes halogenated alkanes) is 26. The molecule has 2 unspecified atom stereocenters. The van der Waals surface area contributed by atoms with Crippen LogP contribution in [0.4, 0.5) is 0 Å². The van der Waals surface area contributed by atoms with Crippen LogP contribution in [0.5, 0.6) is 0 Å². The van der Waals surface area contributed by atoms with Gasteiger partial charge in [0.05, 0.1) is 26.4 Å². The molecule has 0 saturated carbocycles. The van der Waals surface area contributed by atoms with Crippen LogP contribution in [-0.4, -0.2) is 37.6 Å². The van der Waals surface area contributed by atoms with Crippen LogP contribution in [0.3, 0.4) is 0 Å². The van der Waals surface area contributed by atoms with Gasteiger partial charge in [-0.2, -0.15) is 0 Å². The Kier molecular flexibility index (Phi) is 22.8. The van der Waals surface area contributed by atoms with Gasteiger partial charge in [-0.3, -0.25) is 0 Å². The fourth-order valence-electron chi connectivity index (χ4n) is 6.51. The molecule has 0 amide bonds. The first-order valence-corrected chi connectivity index (χ1v) is 19.1. The predicted octanol–water partition coefficient (Wildman–Crippen LogP) is 12.3. The Morgan fingerprint density at radius 1 is 0.366 bits per heavy atom. The Morgan fingerprint density at radius 2 is 0.585 bits per heavy atom. The molecule has 0 N–H and O–H groups in total. The summed E-state index contributed by atoms with van der Waals surface area (Å²) in [7, 11) is 0. The maximum Gasteiger partial charge on any atom is 0.115 e. The standard InChI is InChI=1S/C38H74O3/c1-3-5-7-9-11-13-15-17-19-21-23-25-27-29-31-37(35-40-37)33-39-34-38(36-41-38)32-30-28-26-24-22-20-18-16-14-12-10-8-6-4-2/h3-36H2,1-2H3. The van der Waals surface area contributed by atoms with Crippen molar-refractivity contribution in [1.29, 1.82) is 0 Å². The van der Waals surface area contributed by atoms with Crippen molar-refractivity contribution in [3.05, 3.63) is 0 Å². The zero-order chi connectivity index (χ0) is 29.2. The topological polar surface area (TPSA) is 34.3 Å². The van der Waals surface area contributed by atoms with E-state index < -0.39 is 0 Å². The van der Waals surface area contributed by atoms with Crippen LogP contribution in [0.2, 0.25) is 0 Å². The fourth-order valence-corrected chi connectivity index (χ4v) is 6.51. The molecule has 0 bridgehead atoms. The molecule has 2 heterocycles. The minimum absolute atomic E-state index is 0.0439. The highest BCUT2D eigenvalue weighted by molar-refractivity contribution is 4.95. The van der Waals surface area contributed by atoms with E-state index in [2.05, 4.69) is 13.8 Å². The minimum atomic E-state index is 0.0439. The molecule has 2 atom stereocenters. The maximum absolute atomic E-state index is 6.18. The number of epoxide rings is 2. The Hall–Kier alpha value is -0.120. The predicted molar refractivity (Wildman–Crippen MR) is 178 cm³/mol. The summed E-state index contributed by atoms with van der Waals surface area (Å²) in [6.07, 6.45) is 42.1. The molecule has 41 heavy (non-hydrogen) atoms. The van der Waals surface area contributed by atoms with E-state index in [1.165, 1.54) is 193 Å². The van der Waals surface area contributed by atoms with Crippen molar-refractivity contribution in [3.63, 3.8) is 0 Å². The highest BCUT2D eigenvalue weighted by atomic mass is 16.6. The Morgan fingerprint density at radius 3 is 0.805 bits per heavy atom. The molecule has 0 radical (unpaired) electrons. The molecule has 244 valence electrons. The number of ether oxygens (including phenoxy) is 3. The summed E-state index contributed by atoms with van der Waals surface area (Å²) in [6.45, 7) is 7.95. The Labute approximate surface area is 258 Å². The lowest BCUT2D eigenvalue weighted by molar-refractivity contribution is 0.0361. The van der Waals surface area contributed by atoms with E-state index in [0.29, 0.717) is 0 Å². The molecule has 0 aromatic heterocycles. The second-order valence-electron chi connectivity index (χ2n) is 14.1. The maximum atomic E-state index is 6.18. The van der Waals surface area contributed by atoms with E-state index >= 15 is 0 Å². The van der Waals surface area contributed by atoms with Crippen molar-refractivity contribution in [3.8, 4) is 0 Å². The fraction of sp³-hybridized carbons (Fsp3) is 1.00. The van der Waals surface area contributed by atoms with Gasteiger partial charge in [-0.25, -0.2) is 0 Å². The van der Waals surface area contributed by atoms with Crippen LogP contribution < -0.4 is 0 Å². The summed E-state index contributed by atoms with van der Waals surface area (Å²) >= 11 is 0. The molecule has 2 aliphatic rings. The highest BCUT2D eigenvalue weighted by Gasteiger charge is 2.48. The number of hydrogen-bond donors (Lipinski definition) is 0. The molecule has 2 aliphatic heterocycles. The first kappa shape index (κ1) is 37.1. The average molecular weight is 579 g/mol. The summed E-state index contributed by atoms with van der Waals surface area (Å²) < 4.78 is 17.9. The molecule has 2 fully saturated rings. The van der Waals surface area contributed by atoms with Gasteiger partial charge in [-0.1, -0.05) is 194 Å². The molecular formula is C38H74O3. The summed E-state index contributed by atoms with van der Waals surface area (Å²) in [5.74, 6) is 0. The Balaban J connectivity index is 1.30. The summed E-state index contributed by atoms with van der Waals surface area (Å²) in [5, 5.41) is 0. The molecule has 0 aliphatic carbocycles. The van der Waals surface area contributed by atoms with Crippen molar-refractivity contribution in [2.24, 2.45) is 0 Å². The molecule has 2 saturated heterocycles. The molecule has 0 spiro atoms. The zero-order valence-electron chi connectivity index (χ0n) is 28.3. The van der Waals surface area contributed by atoms with E-state index in [9.17, 15) is 0 Å². The second-order valence-corrected chi connectivity index (χ2v) is 14.1. The zero-order valence-corrected chi connectivity index (χ0v) is 28.3. The summed E-state index contributed by atoms with van der Waals surface area (Å²) in [4.78, 5) is 0. The SMILES string of the molecule is CCCCCCCCCCCCCCCCC1(COCC2(CCCCCCCCCCCCCCCC)CO2)CO1. The first-order valence-electron chi connectivity index (χ1n) is 19.1. The monoisotopic (exact) mass is 579 g/mol. The minimum Gasteiger partial charge on any atom is -0.375 e. The molecule has 3 heteroatoms. The van der Waals surface area contributed by atoms with E-state index in [4.69, 9.17) is 14.2 Å². The third-order valence-corrected chi connectivity index (χ3v) is 9.81. The van der Waals surface area contributed by atoms with Crippen molar-refractivity contribution in [2.45, 2.75) is 218 Å². The van der Waals surface area contributed by atoms with E-state index in [1.54, 1.807) is 0 Å². The lowest BCUT2D eigenvalue weighted by atomic mass is 10.00. The third-order valence-electron chi connectivity index (χ3n) is 9.81. The van der Waals surface area contributed by atoms with E-state index in [1.807, 2.05) is 0 Å². The van der Waals surface area contributed by atoms with Crippen molar-refractivity contribution in [2.75, 3.05) is 26.4 Å². The van der Waals surface area contributed by atoms with Gasteiger partial charge in [0.15, 0.2) is 0 Å². The van der Waals surface area contributed by atoms with Crippen molar-refractivity contribution >= 4 is 0 Å². The van der Waals surface area contributed by atoms with Gasteiger partial charge in [0.1, 0.15) is 11.2 Å². The van der Waals surface area contributed by atoms with E-state index in [-0.39, 0.29) is 11.2 Å². The van der Waals surface area contributed by atoms with Gasteiger partial charge in [0.2, 0.25) is 0 Å². The molecule has 0 aromatic rings. The van der Waals surface area contributed by atoms with Gasteiger partial charge >= 0.3 is 0 Å². The largest absolute Gasteiger partial charge is 0.375 e. The number of hydrogen-bond acceptors (Lipinski definition) is 3. The molecule has 2 rings (SSSR count). The quantitative estimate of drug-likeness (QED) is 0.0562. The van der Waals surface area contributed by atoms with Gasteiger partial charge in [0.25, 0.3) is 0 Å². The van der Waals surface area contributed by atoms with Crippen LogP contribution in [0.1, 0.15) is 206 Å². The van der Waals surface area contributed by atoms with Crippen LogP contribution in [0.15, 0.2) is 0 Å². The van der Waals surface area contributed by atoms with Crippen LogP contribution in [-0.2, 0) is 14.2 Å². The summed E-state index contributed by atoms with van der Waals surface area (Å²) in [6, 6.07) is 0. The smallest absolute Gasteiger partial charge is 0.115 e. The first-order chi connectivity index (χ1) is 20.2. The summed E-state index contributed by atoms with van der Waals surface area (Å²) in [5.41, 5.74) is 0.0878. The molecule has 3 nitrogen and oxygen atoms in total. The molecular weight excluding hydrogens is 504 g/mol. The highest BCUT2D eigenvalue weighted by Crippen LogP contribution is 2.37. The van der Waals surface area contributed by atoms with Gasteiger partial charge in [-0.05, 0) is 12.8 Å². The van der Waals surface area contributed by atoms with E-state index in [0.717, 1.165) is 26.4 Å². The van der Waals surface area contributed by atoms with Crippen molar-refractivity contribution < 1.29 is 14.2 Å². The lowest BCUT2D eigenvalue weighted by Gasteiger charge is -2.16. The third kappa shape index (κ3) is 21.3. The van der Waals surface area contributed by atoms with Gasteiger partial charge in [-0.15, -0.1) is 0 Å². The second kappa shape index (κ2) is 25.2.